The summed E-state index contributed by atoms with van der Waals surface area (Å²) in [5.41, 5.74) is 1.67. The summed E-state index contributed by atoms with van der Waals surface area (Å²) in [4.78, 5) is 3.83. The van der Waals surface area contributed by atoms with E-state index < -0.39 is 6.10 Å². The van der Waals surface area contributed by atoms with E-state index in [0.29, 0.717) is 18.4 Å². The van der Waals surface area contributed by atoms with Crippen LogP contribution in [0.1, 0.15) is 39.7 Å². The van der Waals surface area contributed by atoms with Gasteiger partial charge in [-0.2, -0.15) is 5.10 Å². The minimum atomic E-state index is -0.410. The Balaban J connectivity index is 0.000000422. The molecule has 5 heteroatoms. The summed E-state index contributed by atoms with van der Waals surface area (Å²) in [6.07, 6.45) is 4.18. The maximum Gasteiger partial charge on any atom is 0.137 e. The van der Waals surface area contributed by atoms with Gasteiger partial charge in [-0.25, -0.2) is 4.98 Å². The van der Waals surface area contributed by atoms with Crippen LogP contribution in [-0.2, 0) is 13.0 Å². The van der Waals surface area contributed by atoms with Gasteiger partial charge in [0.2, 0.25) is 0 Å². The van der Waals surface area contributed by atoms with Crippen LogP contribution >= 0.6 is 11.6 Å². The fourth-order valence-electron chi connectivity index (χ4n) is 1.62. The van der Waals surface area contributed by atoms with Crippen LogP contribution in [0.15, 0.2) is 36.9 Å². The van der Waals surface area contributed by atoms with Crippen LogP contribution in [0, 0.1) is 5.41 Å². The molecule has 0 aliphatic rings. The number of aliphatic hydroxyl groups excluding tert-OH is 1. The lowest BCUT2D eigenvalue weighted by Crippen LogP contribution is -2.17. The van der Waals surface area contributed by atoms with E-state index in [1.807, 2.05) is 24.3 Å². The Morgan fingerprint density at radius 3 is 2.27 bits per heavy atom. The van der Waals surface area contributed by atoms with E-state index in [0.717, 1.165) is 11.4 Å². The minimum absolute atomic E-state index is 0.410. The number of rotatable bonds is 5. The van der Waals surface area contributed by atoms with E-state index in [1.165, 1.54) is 11.9 Å². The summed E-state index contributed by atoms with van der Waals surface area (Å²) < 4.78 is 1.63. The van der Waals surface area contributed by atoms with Gasteiger partial charge in [-0.1, -0.05) is 51.4 Å². The largest absolute Gasteiger partial charge is 0.391 e. The molecule has 1 unspecified atom stereocenters. The maximum atomic E-state index is 9.82. The number of aryl methyl sites for hydroxylation is 1. The van der Waals surface area contributed by atoms with E-state index in [1.54, 1.807) is 11.0 Å². The smallest absolute Gasteiger partial charge is 0.137 e. The van der Waals surface area contributed by atoms with Crippen molar-refractivity contribution in [2.24, 2.45) is 5.41 Å². The maximum absolute atomic E-state index is 9.82. The van der Waals surface area contributed by atoms with Gasteiger partial charge in [0.25, 0.3) is 0 Å². The monoisotopic (exact) mass is 323 g/mol. The predicted octanol–water partition coefficient (Wildman–Crippen LogP) is 3.98. The van der Waals surface area contributed by atoms with E-state index in [4.69, 9.17) is 11.6 Å². The van der Waals surface area contributed by atoms with E-state index in [-0.39, 0.29) is 0 Å². The Morgan fingerprint density at radius 1 is 1.18 bits per heavy atom. The van der Waals surface area contributed by atoms with Crippen LogP contribution < -0.4 is 0 Å². The van der Waals surface area contributed by atoms with Gasteiger partial charge >= 0.3 is 0 Å². The number of hydrogen-bond acceptors (Lipinski definition) is 3. The first-order valence-electron chi connectivity index (χ1n) is 7.49. The molecule has 0 saturated heterocycles. The molecule has 0 radical (unpaired) electrons. The van der Waals surface area contributed by atoms with Crippen LogP contribution in [0.5, 0.6) is 0 Å². The van der Waals surface area contributed by atoms with Crippen molar-refractivity contribution in [2.75, 3.05) is 0 Å². The fraction of sp³-hybridized carbons (Fsp3) is 0.529. The summed E-state index contributed by atoms with van der Waals surface area (Å²) in [6, 6.07) is 7.68. The highest BCUT2D eigenvalue weighted by Gasteiger charge is 2.06. The Labute approximate surface area is 138 Å². The van der Waals surface area contributed by atoms with Gasteiger partial charge in [-0.15, -0.1) is 0 Å². The zero-order valence-electron chi connectivity index (χ0n) is 13.8. The topological polar surface area (TPSA) is 50.9 Å². The van der Waals surface area contributed by atoms with Crippen molar-refractivity contribution in [1.82, 2.24) is 14.8 Å². The van der Waals surface area contributed by atoms with Gasteiger partial charge in [-0.05, 0) is 36.0 Å². The Hall–Kier alpha value is -1.39. The minimum Gasteiger partial charge on any atom is -0.391 e. The molecule has 2 rings (SSSR count). The molecule has 1 heterocycles. The molecule has 1 aromatic carbocycles. The summed E-state index contributed by atoms with van der Waals surface area (Å²) in [5, 5.41) is 14.5. The van der Waals surface area contributed by atoms with Gasteiger partial charge in [0.1, 0.15) is 12.7 Å². The third-order valence-electron chi connectivity index (χ3n) is 2.54. The Bertz CT molecular complexity index is 512. The first-order valence-corrected chi connectivity index (χ1v) is 7.87. The van der Waals surface area contributed by atoms with Crippen LogP contribution in [-0.4, -0.2) is 26.0 Å². The second-order valence-electron chi connectivity index (χ2n) is 6.94. The third-order valence-corrected chi connectivity index (χ3v) is 2.80. The number of benzene rings is 1. The molecular weight excluding hydrogens is 298 g/mol. The molecule has 122 valence electrons. The average molecular weight is 324 g/mol. The molecule has 0 fully saturated rings. The van der Waals surface area contributed by atoms with Crippen LogP contribution in [0.25, 0.3) is 0 Å². The van der Waals surface area contributed by atoms with Crippen molar-refractivity contribution in [1.29, 1.82) is 0 Å². The van der Waals surface area contributed by atoms with Crippen molar-refractivity contribution in [3.05, 3.63) is 47.5 Å². The standard InChI is InChI=1S/C12H14ClN3O.C5H12/c13-11-4-1-10(2-5-11)3-6-12(17)7-16-9-14-8-15-16;1-5(2,3)4/h1-2,4-5,8-9,12,17H,3,6-7H2;1-4H3. The highest BCUT2D eigenvalue weighted by atomic mass is 35.5. The van der Waals surface area contributed by atoms with Crippen molar-refractivity contribution in [2.45, 2.75) is 53.2 Å². The van der Waals surface area contributed by atoms with Gasteiger partial charge in [0.15, 0.2) is 0 Å². The van der Waals surface area contributed by atoms with Crippen molar-refractivity contribution >= 4 is 11.6 Å². The molecule has 0 amide bonds. The van der Waals surface area contributed by atoms with Gasteiger partial charge in [0.05, 0.1) is 12.6 Å². The lowest BCUT2D eigenvalue weighted by Gasteiger charge is -2.10. The lowest BCUT2D eigenvalue weighted by atomic mass is 10.0. The molecule has 1 N–H and O–H groups in total. The number of halogens is 1. The third kappa shape index (κ3) is 9.53. The quantitative estimate of drug-likeness (QED) is 0.905. The summed E-state index contributed by atoms with van der Waals surface area (Å²) in [7, 11) is 0. The van der Waals surface area contributed by atoms with Gasteiger partial charge < -0.3 is 5.11 Å². The lowest BCUT2D eigenvalue weighted by molar-refractivity contribution is 0.140. The summed E-state index contributed by atoms with van der Waals surface area (Å²) >= 11 is 5.80. The van der Waals surface area contributed by atoms with E-state index in [9.17, 15) is 5.11 Å². The second-order valence-corrected chi connectivity index (χ2v) is 7.37. The normalized spacial score (nSPS) is 12.5. The van der Waals surface area contributed by atoms with E-state index >= 15 is 0 Å². The van der Waals surface area contributed by atoms with Crippen molar-refractivity contribution in [3.63, 3.8) is 0 Å². The predicted molar refractivity (Wildman–Crippen MR) is 90.9 cm³/mol. The van der Waals surface area contributed by atoms with Crippen LogP contribution in [0.3, 0.4) is 0 Å². The first-order chi connectivity index (χ1) is 10.2. The molecule has 0 aliphatic heterocycles. The molecule has 22 heavy (non-hydrogen) atoms. The van der Waals surface area contributed by atoms with Crippen molar-refractivity contribution < 1.29 is 5.11 Å². The molecule has 0 spiro atoms. The number of nitrogens with zero attached hydrogens (tertiary/aromatic N) is 3. The molecule has 0 saturated carbocycles. The fourth-order valence-corrected chi connectivity index (χ4v) is 1.74. The zero-order valence-corrected chi connectivity index (χ0v) is 14.6. The van der Waals surface area contributed by atoms with Crippen molar-refractivity contribution in [3.8, 4) is 0 Å². The van der Waals surface area contributed by atoms with E-state index in [2.05, 4.69) is 37.8 Å². The number of hydrogen-bond donors (Lipinski definition) is 1. The Morgan fingerprint density at radius 2 is 1.77 bits per heavy atom. The number of aliphatic hydroxyl groups is 1. The SMILES string of the molecule is CC(C)(C)C.OC(CCc1ccc(Cl)cc1)Cn1cncn1. The van der Waals surface area contributed by atoms with Gasteiger partial charge in [-0.3, -0.25) is 4.68 Å². The number of aromatic nitrogens is 3. The zero-order chi connectivity index (χ0) is 16.6. The second kappa shape index (κ2) is 8.91. The summed E-state index contributed by atoms with van der Waals surface area (Å²) in [6.45, 7) is 9.23. The first kappa shape index (κ1) is 18.7. The molecule has 0 aliphatic carbocycles. The van der Waals surface area contributed by atoms with Crippen LogP contribution in [0.2, 0.25) is 5.02 Å². The molecule has 2 aromatic rings. The van der Waals surface area contributed by atoms with Crippen LogP contribution in [0.4, 0.5) is 0 Å². The molecule has 1 atom stereocenters. The molecule has 0 bridgehead atoms. The molecular formula is C17H26ClN3O. The summed E-state index contributed by atoms with van der Waals surface area (Å²) in [5.74, 6) is 0. The average Bonchev–Trinajstić information content (AvgIpc) is 2.89. The Kier molecular flexibility index (Phi) is 7.56. The van der Waals surface area contributed by atoms with Gasteiger partial charge in [0, 0.05) is 5.02 Å². The molecule has 1 aromatic heterocycles. The molecule has 4 nitrogen and oxygen atoms in total. The highest BCUT2D eigenvalue weighted by molar-refractivity contribution is 6.30. The highest BCUT2D eigenvalue weighted by Crippen LogP contribution is 2.12.